The highest BCUT2D eigenvalue weighted by Gasteiger charge is 2.28. The Morgan fingerprint density at radius 2 is 1.92 bits per heavy atom. The van der Waals surface area contributed by atoms with Crippen LogP contribution in [-0.2, 0) is 0 Å². The smallest absolute Gasteiger partial charge is 0.155 e. The van der Waals surface area contributed by atoms with Crippen molar-refractivity contribution in [1.82, 2.24) is 0 Å². The van der Waals surface area contributed by atoms with Crippen LogP contribution in [0.1, 0.15) is 31.0 Å². The van der Waals surface area contributed by atoms with Gasteiger partial charge in [-0.15, -0.1) is 0 Å². The lowest BCUT2D eigenvalue weighted by Gasteiger charge is -2.28. The molecule has 122 valence electrons. The molecule has 0 aromatic heterocycles. The number of ether oxygens (including phenoxy) is 1. The molecule has 0 radical (unpaired) electrons. The van der Waals surface area contributed by atoms with Gasteiger partial charge in [-0.2, -0.15) is 0 Å². The Balaban J connectivity index is 1.81. The summed E-state index contributed by atoms with van der Waals surface area (Å²) in [5.74, 6) is 1.55. The highest BCUT2D eigenvalue weighted by molar-refractivity contribution is 6.15. The summed E-state index contributed by atoms with van der Waals surface area (Å²) in [4.78, 5) is 7.14. The number of nitrogens with zero attached hydrogens (tertiary/aromatic N) is 2. The van der Waals surface area contributed by atoms with E-state index in [2.05, 4.69) is 43.0 Å². The van der Waals surface area contributed by atoms with Crippen molar-refractivity contribution >= 4 is 17.1 Å². The molecular formula is C20H21N3O. The quantitative estimate of drug-likeness (QED) is 0.932. The zero-order valence-corrected chi connectivity index (χ0v) is 14.0. The second kappa shape index (κ2) is 5.80. The Kier molecular flexibility index (Phi) is 3.62. The van der Waals surface area contributed by atoms with Crippen molar-refractivity contribution in [2.75, 3.05) is 18.0 Å². The number of benzene rings is 2. The molecule has 4 heteroatoms. The van der Waals surface area contributed by atoms with Gasteiger partial charge in [-0.05, 0) is 37.6 Å². The first-order chi connectivity index (χ1) is 11.7. The normalized spacial score (nSPS) is 17.7. The van der Waals surface area contributed by atoms with Crippen molar-refractivity contribution in [3.05, 3.63) is 65.4 Å². The Morgan fingerprint density at radius 1 is 1.12 bits per heavy atom. The van der Waals surface area contributed by atoms with Crippen molar-refractivity contribution in [1.29, 1.82) is 0 Å². The highest BCUT2D eigenvalue weighted by Crippen LogP contribution is 2.40. The van der Waals surface area contributed by atoms with Crippen LogP contribution in [0.2, 0.25) is 0 Å². The maximum atomic E-state index is 6.27. The SMILES string of the molecule is CCN(CC)c1ccc2c(c1)OC1=CC(N)c3ccccc3C1=N2. The lowest BCUT2D eigenvalue weighted by atomic mass is 9.90. The predicted molar refractivity (Wildman–Crippen MR) is 98.3 cm³/mol. The maximum absolute atomic E-state index is 6.27. The van der Waals surface area contributed by atoms with Gasteiger partial charge in [-0.1, -0.05) is 24.3 Å². The Labute approximate surface area is 142 Å². The number of allylic oxidation sites excluding steroid dienone is 1. The molecule has 0 amide bonds. The second-order valence-electron chi connectivity index (χ2n) is 6.03. The predicted octanol–water partition coefficient (Wildman–Crippen LogP) is 3.94. The molecular weight excluding hydrogens is 298 g/mol. The highest BCUT2D eigenvalue weighted by atomic mass is 16.5. The van der Waals surface area contributed by atoms with Gasteiger partial charge in [0.1, 0.15) is 11.4 Å². The molecule has 2 aromatic rings. The molecule has 0 spiro atoms. The van der Waals surface area contributed by atoms with E-state index in [0.29, 0.717) is 0 Å². The molecule has 0 fully saturated rings. The number of nitrogens with two attached hydrogens (primary N) is 1. The van der Waals surface area contributed by atoms with Crippen LogP contribution in [0, 0.1) is 0 Å². The summed E-state index contributed by atoms with van der Waals surface area (Å²) in [6, 6.07) is 14.2. The van der Waals surface area contributed by atoms with Gasteiger partial charge in [0.05, 0.1) is 6.04 Å². The molecule has 1 atom stereocenters. The summed E-state index contributed by atoms with van der Waals surface area (Å²) in [5.41, 5.74) is 11.3. The molecule has 1 aliphatic carbocycles. The number of anilines is 1. The molecule has 0 saturated carbocycles. The molecule has 1 aliphatic heterocycles. The minimum atomic E-state index is -0.164. The van der Waals surface area contributed by atoms with Crippen LogP contribution < -0.4 is 15.4 Å². The molecule has 0 bridgehead atoms. The summed E-state index contributed by atoms with van der Waals surface area (Å²) >= 11 is 0. The third-order valence-electron chi connectivity index (χ3n) is 4.66. The third kappa shape index (κ3) is 2.31. The standard InChI is InChI=1S/C20H21N3O/c1-3-23(4-2)13-9-10-17-18(11-13)24-19-12-16(21)14-7-5-6-8-15(14)20(19)22-17/h5-12,16H,3-4,21H2,1-2H3. The first-order valence-corrected chi connectivity index (χ1v) is 8.44. The van der Waals surface area contributed by atoms with E-state index in [9.17, 15) is 0 Å². The molecule has 2 N–H and O–H groups in total. The zero-order chi connectivity index (χ0) is 16.7. The van der Waals surface area contributed by atoms with Crippen molar-refractivity contribution in [3.8, 4) is 5.75 Å². The van der Waals surface area contributed by atoms with Gasteiger partial charge in [0.15, 0.2) is 11.5 Å². The van der Waals surface area contributed by atoms with E-state index in [1.54, 1.807) is 0 Å². The van der Waals surface area contributed by atoms with Gasteiger partial charge in [-0.3, -0.25) is 0 Å². The van der Waals surface area contributed by atoms with Crippen LogP contribution in [0.15, 0.2) is 59.3 Å². The molecule has 24 heavy (non-hydrogen) atoms. The summed E-state index contributed by atoms with van der Waals surface area (Å²) in [6.45, 7) is 6.23. The minimum absolute atomic E-state index is 0.164. The Bertz CT molecular complexity index is 850. The first-order valence-electron chi connectivity index (χ1n) is 8.44. The molecule has 2 aromatic carbocycles. The summed E-state index contributed by atoms with van der Waals surface area (Å²) in [7, 11) is 0. The molecule has 4 nitrogen and oxygen atoms in total. The van der Waals surface area contributed by atoms with Gasteiger partial charge in [0, 0.05) is 30.4 Å². The fourth-order valence-corrected chi connectivity index (χ4v) is 3.37. The van der Waals surface area contributed by atoms with E-state index in [1.807, 2.05) is 24.3 Å². The van der Waals surface area contributed by atoms with E-state index in [-0.39, 0.29) is 6.04 Å². The Morgan fingerprint density at radius 3 is 2.71 bits per heavy atom. The fraction of sp³-hybridized carbons (Fsp3) is 0.250. The number of hydrogen-bond donors (Lipinski definition) is 1. The van der Waals surface area contributed by atoms with Crippen LogP contribution in [0.5, 0.6) is 5.75 Å². The first kappa shape index (κ1) is 15.0. The molecule has 1 heterocycles. The monoisotopic (exact) mass is 319 g/mol. The summed E-state index contributed by atoms with van der Waals surface area (Å²) in [5, 5.41) is 0. The summed E-state index contributed by atoms with van der Waals surface area (Å²) in [6.07, 6.45) is 1.95. The third-order valence-corrected chi connectivity index (χ3v) is 4.66. The van der Waals surface area contributed by atoms with E-state index < -0.39 is 0 Å². The summed E-state index contributed by atoms with van der Waals surface area (Å²) < 4.78 is 6.17. The van der Waals surface area contributed by atoms with Crippen molar-refractivity contribution in [2.24, 2.45) is 10.7 Å². The van der Waals surface area contributed by atoms with Crippen LogP contribution in [0.4, 0.5) is 11.4 Å². The average Bonchev–Trinajstić information content (AvgIpc) is 2.62. The molecule has 0 saturated heterocycles. The van der Waals surface area contributed by atoms with Gasteiger partial charge in [0.2, 0.25) is 0 Å². The Hall–Kier alpha value is -2.59. The largest absolute Gasteiger partial charge is 0.453 e. The van der Waals surface area contributed by atoms with Crippen molar-refractivity contribution in [2.45, 2.75) is 19.9 Å². The maximum Gasteiger partial charge on any atom is 0.155 e. The number of fused-ring (bicyclic) bond motifs is 4. The van der Waals surface area contributed by atoms with E-state index in [1.165, 1.54) is 0 Å². The molecule has 1 unspecified atom stereocenters. The van der Waals surface area contributed by atoms with Crippen LogP contribution in [0.25, 0.3) is 0 Å². The van der Waals surface area contributed by atoms with Gasteiger partial charge in [-0.25, -0.2) is 4.99 Å². The lowest BCUT2D eigenvalue weighted by Crippen LogP contribution is -2.25. The lowest BCUT2D eigenvalue weighted by molar-refractivity contribution is 0.444. The van der Waals surface area contributed by atoms with Crippen molar-refractivity contribution in [3.63, 3.8) is 0 Å². The topological polar surface area (TPSA) is 50.9 Å². The van der Waals surface area contributed by atoms with Gasteiger partial charge >= 0.3 is 0 Å². The average molecular weight is 319 g/mol. The van der Waals surface area contributed by atoms with Crippen LogP contribution in [0.3, 0.4) is 0 Å². The zero-order valence-electron chi connectivity index (χ0n) is 14.0. The number of rotatable bonds is 3. The van der Waals surface area contributed by atoms with Crippen LogP contribution in [-0.4, -0.2) is 18.8 Å². The second-order valence-corrected chi connectivity index (χ2v) is 6.03. The minimum Gasteiger partial charge on any atom is -0.453 e. The number of aliphatic imine (C=N–C) groups is 1. The van der Waals surface area contributed by atoms with Gasteiger partial charge in [0.25, 0.3) is 0 Å². The van der Waals surface area contributed by atoms with E-state index >= 15 is 0 Å². The van der Waals surface area contributed by atoms with Crippen LogP contribution >= 0.6 is 0 Å². The van der Waals surface area contributed by atoms with Gasteiger partial charge < -0.3 is 15.4 Å². The van der Waals surface area contributed by atoms with E-state index in [0.717, 1.165) is 52.8 Å². The number of hydrogen-bond acceptors (Lipinski definition) is 4. The van der Waals surface area contributed by atoms with E-state index in [4.69, 9.17) is 15.5 Å². The van der Waals surface area contributed by atoms with Crippen molar-refractivity contribution < 1.29 is 4.74 Å². The fourth-order valence-electron chi connectivity index (χ4n) is 3.37. The molecule has 4 rings (SSSR count). The molecule has 2 aliphatic rings.